The zero-order valence-corrected chi connectivity index (χ0v) is 45.1. The van der Waals surface area contributed by atoms with E-state index in [2.05, 4.69) is 221 Å². The van der Waals surface area contributed by atoms with Crippen LogP contribution >= 0.6 is 0 Å². The third kappa shape index (κ3) is 8.86. The molecular weight excluding hydrogens is 965 g/mol. The van der Waals surface area contributed by atoms with Crippen LogP contribution in [0.1, 0.15) is 56.8 Å². The normalized spacial score (nSPS) is 15.5. The molecule has 13 rings (SSSR count). The number of para-hydroxylation sites is 4. The van der Waals surface area contributed by atoms with E-state index < -0.39 is 6.98 Å². The van der Waals surface area contributed by atoms with Crippen LogP contribution in [0.4, 0.5) is 79.6 Å². The summed E-state index contributed by atoms with van der Waals surface area (Å²) in [7, 11) is 2.09. The van der Waals surface area contributed by atoms with Crippen molar-refractivity contribution < 1.29 is 13.6 Å². The van der Waals surface area contributed by atoms with Crippen molar-refractivity contribution in [1.29, 1.82) is 0 Å². The lowest BCUT2D eigenvalue weighted by atomic mass is 9.86. The summed E-state index contributed by atoms with van der Waals surface area (Å²) in [6.45, 7) is 13.2. The molecule has 0 radical (unpaired) electrons. The molecule has 0 bridgehead atoms. The molecule has 0 atom stereocenters. The first kappa shape index (κ1) is 45.1. The smallest absolute Gasteiger partial charge is 0.129 e. The lowest BCUT2D eigenvalue weighted by molar-refractivity contribution is 0.478. The quantitative estimate of drug-likeness (QED) is 0.131. The number of rotatable bonds is 10. The van der Waals surface area contributed by atoms with Gasteiger partial charge in [-0.25, -0.2) is 0 Å². The van der Waals surface area contributed by atoms with Gasteiger partial charge >= 0.3 is 0 Å². The molecule has 0 spiro atoms. The molecule has 0 saturated heterocycles. The molecule has 0 fully saturated rings. The second-order valence-corrected chi connectivity index (χ2v) is 22.6. The molecule has 0 unspecified atom stereocenters. The molecule has 0 saturated carbocycles. The van der Waals surface area contributed by atoms with Crippen LogP contribution in [0.3, 0.4) is 0 Å². The average Bonchev–Trinajstić information content (AvgIpc) is 4.42. The van der Waals surface area contributed by atoms with E-state index in [4.69, 9.17) is 13.6 Å². The summed E-state index contributed by atoms with van der Waals surface area (Å²) in [5.74, 6) is 2.91. The Balaban J connectivity index is 0.762. The standard InChI is InChI=1S/C66H64N10O2/c1-65(2,3)45-31-51(37-55(33-45)77-53-17-13-15-49(35-53)71-41-69(7)63-39-67-29-27-61(63)71)75-43-73(57-19-9-11-21-59(57)75)47-23-25-48(26-24-47)74-44-76(60-22-12-10-20-58(60)74)52-32-46(66(4,5)6)34-56(38-52)78-54-18-14-16-50(36-54)72-42-70(8)64-40-68-30-28-62(64)72/h9-40H,41-44H2,1-8H3/i7D3. The number of aromatic nitrogens is 2. The van der Waals surface area contributed by atoms with Gasteiger partial charge in [-0.15, -0.1) is 0 Å². The van der Waals surface area contributed by atoms with Crippen LogP contribution in [0.5, 0.6) is 23.0 Å². The number of benzene rings is 7. The van der Waals surface area contributed by atoms with Crippen molar-refractivity contribution >= 4 is 79.6 Å². The van der Waals surface area contributed by atoms with Crippen LogP contribution in [0.25, 0.3) is 0 Å². The van der Waals surface area contributed by atoms with E-state index in [0.29, 0.717) is 30.5 Å². The van der Waals surface area contributed by atoms with E-state index in [1.807, 2.05) is 53.7 Å². The van der Waals surface area contributed by atoms with Gasteiger partial charge in [0.05, 0.1) is 71.2 Å². The van der Waals surface area contributed by atoms with E-state index in [1.165, 1.54) is 10.5 Å². The highest BCUT2D eigenvalue weighted by atomic mass is 16.5. The van der Waals surface area contributed by atoms with Gasteiger partial charge in [0.15, 0.2) is 0 Å². The summed E-state index contributed by atoms with van der Waals surface area (Å²) in [6.07, 6.45) is 7.07. The Morgan fingerprint density at radius 2 is 0.731 bits per heavy atom. The molecule has 0 N–H and O–H groups in total. The highest BCUT2D eigenvalue weighted by Crippen LogP contribution is 2.50. The summed E-state index contributed by atoms with van der Waals surface area (Å²) in [5, 5.41) is 0. The number of hydrogen-bond donors (Lipinski definition) is 0. The Hall–Kier alpha value is -9.16. The first-order valence-electron chi connectivity index (χ1n) is 28.1. The van der Waals surface area contributed by atoms with Gasteiger partial charge in [-0.2, -0.15) is 0 Å². The minimum absolute atomic E-state index is 0.138. The molecule has 12 nitrogen and oxygen atoms in total. The van der Waals surface area contributed by atoms with Gasteiger partial charge < -0.3 is 48.7 Å². The van der Waals surface area contributed by atoms with E-state index in [0.717, 1.165) is 97.7 Å². The predicted molar refractivity (Wildman–Crippen MR) is 320 cm³/mol. The zero-order valence-electron chi connectivity index (χ0n) is 48.1. The van der Waals surface area contributed by atoms with Crippen molar-refractivity contribution in [3.8, 4) is 23.0 Å². The van der Waals surface area contributed by atoms with Gasteiger partial charge in [-0.3, -0.25) is 9.97 Å². The molecule has 9 aromatic rings. The van der Waals surface area contributed by atoms with Crippen LogP contribution in [-0.2, 0) is 10.8 Å². The Kier molecular flexibility index (Phi) is 10.9. The number of anilines is 14. The third-order valence-electron chi connectivity index (χ3n) is 15.3. The predicted octanol–water partition coefficient (Wildman–Crippen LogP) is 16.2. The van der Waals surface area contributed by atoms with Crippen molar-refractivity contribution in [1.82, 2.24) is 9.97 Å². The van der Waals surface area contributed by atoms with E-state index >= 15 is 0 Å². The molecule has 2 aromatic heterocycles. The molecule has 4 aliphatic heterocycles. The second kappa shape index (κ2) is 18.8. The number of pyridine rings is 2. The summed E-state index contributed by atoms with van der Waals surface area (Å²) < 4.78 is 38.2. The van der Waals surface area contributed by atoms with E-state index in [9.17, 15) is 0 Å². The first-order chi connectivity index (χ1) is 38.9. The number of hydrogen-bond acceptors (Lipinski definition) is 12. The maximum atomic E-state index is 8.21. The molecule has 78 heavy (non-hydrogen) atoms. The largest absolute Gasteiger partial charge is 0.457 e. The Labute approximate surface area is 462 Å². The van der Waals surface area contributed by atoms with Gasteiger partial charge in [0, 0.05) is 88.9 Å². The average molecular weight is 1030 g/mol. The number of fused-ring (bicyclic) bond motifs is 4. The van der Waals surface area contributed by atoms with Crippen molar-refractivity contribution in [3.05, 3.63) is 206 Å². The first-order valence-corrected chi connectivity index (χ1v) is 26.6. The fourth-order valence-electron chi connectivity index (χ4n) is 11.1. The van der Waals surface area contributed by atoms with Gasteiger partial charge in [0.25, 0.3) is 0 Å². The van der Waals surface area contributed by atoms with Crippen molar-refractivity contribution in [2.45, 2.75) is 52.4 Å². The molecule has 12 heteroatoms. The van der Waals surface area contributed by atoms with Crippen LogP contribution in [0.2, 0.25) is 0 Å². The highest BCUT2D eigenvalue weighted by Gasteiger charge is 2.33. The van der Waals surface area contributed by atoms with E-state index in [1.54, 1.807) is 12.4 Å². The molecule has 7 aromatic carbocycles. The minimum atomic E-state index is -2.32. The van der Waals surface area contributed by atoms with Crippen LogP contribution < -0.4 is 48.7 Å². The maximum Gasteiger partial charge on any atom is 0.129 e. The minimum Gasteiger partial charge on any atom is -0.457 e. The monoisotopic (exact) mass is 1030 g/mol. The third-order valence-corrected chi connectivity index (χ3v) is 15.3. The molecule has 6 heterocycles. The number of nitrogens with zero attached hydrogens (tertiary/aromatic N) is 10. The lowest BCUT2D eigenvalue weighted by Gasteiger charge is -2.27. The van der Waals surface area contributed by atoms with Gasteiger partial charge in [0.2, 0.25) is 0 Å². The van der Waals surface area contributed by atoms with Crippen molar-refractivity contribution in [3.63, 3.8) is 0 Å². The Morgan fingerprint density at radius 3 is 1.15 bits per heavy atom. The molecule has 0 aliphatic carbocycles. The molecule has 390 valence electrons. The van der Waals surface area contributed by atoms with Crippen molar-refractivity contribution in [2.24, 2.45) is 0 Å². The van der Waals surface area contributed by atoms with Gasteiger partial charge in [-0.1, -0.05) is 77.9 Å². The Bertz CT molecular complexity index is 3860. The van der Waals surface area contributed by atoms with Gasteiger partial charge in [-0.05, 0) is 131 Å². The lowest BCUT2D eigenvalue weighted by Crippen LogP contribution is -2.25. The second-order valence-electron chi connectivity index (χ2n) is 22.6. The number of ether oxygens (including phenoxy) is 2. The summed E-state index contributed by atoms with van der Waals surface area (Å²) in [5.41, 5.74) is 16.2. The fraction of sp³-hybridized carbons (Fsp3) is 0.212. The van der Waals surface area contributed by atoms with E-state index in [-0.39, 0.29) is 17.5 Å². The van der Waals surface area contributed by atoms with Crippen LogP contribution in [0, 0.1) is 0 Å². The topological polar surface area (TPSA) is 70.2 Å². The molecule has 0 amide bonds. The van der Waals surface area contributed by atoms with Crippen LogP contribution in [0.15, 0.2) is 195 Å². The summed E-state index contributed by atoms with van der Waals surface area (Å²) in [4.78, 5) is 26.0. The highest BCUT2D eigenvalue weighted by molar-refractivity contribution is 5.90. The Morgan fingerprint density at radius 1 is 0.359 bits per heavy atom. The fourth-order valence-corrected chi connectivity index (χ4v) is 11.1. The SMILES string of the molecule is [2H]C([2H])([2H])N1CN(c2cccc(Oc3cc(N4CN(c5ccc(N6CN(c7cc(Oc8cccc(N9CN(C)c%10cnccc%109)c8)cc(C(C)(C)C)c7)c7ccccc76)cc5)c5ccccc54)cc(C(C)(C)C)c3)c2)c2ccncc21. The van der Waals surface area contributed by atoms with Crippen LogP contribution in [-0.4, -0.2) is 50.7 Å². The molecular formula is C66H64N10O2. The molecule has 4 aliphatic rings. The summed E-state index contributed by atoms with van der Waals surface area (Å²) in [6, 6.07) is 59.4. The maximum absolute atomic E-state index is 8.21. The van der Waals surface area contributed by atoms with Gasteiger partial charge in [0.1, 0.15) is 36.3 Å². The zero-order chi connectivity index (χ0) is 56.0. The summed E-state index contributed by atoms with van der Waals surface area (Å²) >= 11 is 0. The van der Waals surface area contributed by atoms with Crippen molar-refractivity contribution in [2.75, 3.05) is 79.9 Å².